The summed E-state index contributed by atoms with van der Waals surface area (Å²) >= 11 is 0. The molecule has 2 rings (SSSR count). The Balaban J connectivity index is 1.98. The fraction of sp³-hybridized carbons (Fsp3) is 0.467. The third kappa shape index (κ3) is 3.95. The van der Waals surface area contributed by atoms with E-state index in [1.807, 2.05) is 0 Å². The van der Waals surface area contributed by atoms with Crippen molar-refractivity contribution in [2.45, 2.75) is 38.3 Å². The van der Waals surface area contributed by atoms with Gasteiger partial charge in [-0.05, 0) is 38.3 Å². The summed E-state index contributed by atoms with van der Waals surface area (Å²) in [6.07, 6.45) is 2.76. The van der Waals surface area contributed by atoms with Crippen molar-refractivity contribution >= 4 is 17.7 Å². The summed E-state index contributed by atoms with van der Waals surface area (Å²) < 4.78 is 5.26. The Morgan fingerprint density at radius 3 is 2.71 bits per heavy atom. The van der Waals surface area contributed by atoms with E-state index in [4.69, 9.17) is 9.84 Å². The van der Waals surface area contributed by atoms with Crippen LogP contribution in [0.3, 0.4) is 0 Å². The number of urea groups is 1. The quantitative estimate of drug-likeness (QED) is 0.795. The molecule has 2 amide bonds. The first kappa shape index (κ1) is 15.3. The molecule has 2 unspecified atom stereocenters. The fourth-order valence-corrected chi connectivity index (χ4v) is 2.57. The van der Waals surface area contributed by atoms with E-state index in [2.05, 4.69) is 10.6 Å². The number of carbonyl (C=O) groups is 2. The average Bonchev–Trinajstić information content (AvgIpc) is 2.88. The number of hydrogen-bond donors (Lipinski definition) is 3. The Labute approximate surface area is 123 Å². The number of nitrogens with one attached hydrogen (secondary N) is 2. The van der Waals surface area contributed by atoms with Crippen molar-refractivity contribution in [1.82, 2.24) is 5.32 Å². The molecule has 6 heteroatoms. The van der Waals surface area contributed by atoms with E-state index in [1.165, 1.54) is 6.07 Å². The topological polar surface area (TPSA) is 87.7 Å². The Hall–Kier alpha value is -2.08. The van der Waals surface area contributed by atoms with Crippen LogP contribution in [0.25, 0.3) is 0 Å². The highest BCUT2D eigenvalue weighted by atomic mass is 16.5. The van der Waals surface area contributed by atoms with E-state index in [0.717, 1.165) is 24.8 Å². The summed E-state index contributed by atoms with van der Waals surface area (Å²) in [6, 6.07) is 4.58. The van der Waals surface area contributed by atoms with Crippen LogP contribution in [0.1, 0.15) is 35.2 Å². The van der Waals surface area contributed by atoms with Crippen LogP contribution in [0, 0.1) is 6.92 Å². The molecule has 3 N–H and O–H groups in total. The molecule has 0 spiro atoms. The first-order valence-electron chi connectivity index (χ1n) is 6.94. The van der Waals surface area contributed by atoms with Gasteiger partial charge in [-0.25, -0.2) is 9.59 Å². The van der Waals surface area contributed by atoms with Gasteiger partial charge in [0, 0.05) is 13.2 Å². The summed E-state index contributed by atoms with van der Waals surface area (Å²) in [4.78, 5) is 23.2. The lowest BCUT2D eigenvalue weighted by molar-refractivity contribution is 0.0698. The zero-order valence-electron chi connectivity index (χ0n) is 12.2. The number of hydrogen-bond acceptors (Lipinski definition) is 3. The second-order valence-corrected chi connectivity index (χ2v) is 5.32. The van der Waals surface area contributed by atoms with Gasteiger partial charge in [0.1, 0.15) is 0 Å². The number of carbonyl (C=O) groups excluding carboxylic acids is 1. The molecule has 1 aromatic carbocycles. The van der Waals surface area contributed by atoms with Gasteiger partial charge in [0.15, 0.2) is 0 Å². The second-order valence-electron chi connectivity index (χ2n) is 5.32. The molecular weight excluding hydrogens is 272 g/mol. The number of aryl methyl sites for hydroxylation is 1. The minimum absolute atomic E-state index is 0.0636. The maximum absolute atomic E-state index is 12.0. The van der Waals surface area contributed by atoms with E-state index in [9.17, 15) is 9.59 Å². The Bertz CT molecular complexity index is 544. The molecule has 1 aromatic rings. The lowest BCUT2D eigenvalue weighted by Crippen LogP contribution is -2.37. The number of carboxylic acids is 1. The highest BCUT2D eigenvalue weighted by molar-refractivity contribution is 6.00. The lowest BCUT2D eigenvalue weighted by atomic mass is 10.1. The molecule has 21 heavy (non-hydrogen) atoms. The zero-order chi connectivity index (χ0) is 15.4. The molecule has 0 aliphatic heterocycles. The smallest absolute Gasteiger partial charge is 0.337 e. The number of amides is 2. The SMILES string of the molecule is COC1CCC(NC(=O)Nc2ccc(C)cc2C(=O)O)C1. The van der Waals surface area contributed by atoms with Crippen LogP contribution < -0.4 is 10.6 Å². The maximum atomic E-state index is 12.0. The van der Waals surface area contributed by atoms with Gasteiger partial charge >= 0.3 is 12.0 Å². The second kappa shape index (κ2) is 6.58. The molecule has 6 nitrogen and oxygen atoms in total. The minimum Gasteiger partial charge on any atom is -0.478 e. The van der Waals surface area contributed by atoms with Gasteiger partial charge in [-0.3, -0.25) is 0 Å². The van der Waals surface area contributed by atoms with Gasteiger partial charge in [0.25, 0.3) is 0 Å². The van der Waals surface area contributed by atoms with Crippen molar-refractivity contribution in [2.75, 3.05) is 12.4 Å². The molecule has 1 aliphatic carbocycles. The van der Waals surface area contributed by atoms with E-state index in [-0.39, 0.29) is 23.7 Å². The Morgan fingerprint density at radius 1 is 1.33 bits per heavy atom. The van der Waals surface area contributed by atoms with E-state index in [1.54, 1.807) is 26.2 Å². The van der Waals surface area contributed by atoms with Crippen LogP contribution in [-0.2, 0) is 4.74 Å². The fourth-order valence-electron chi connectivity index (χ4n) is 2.57. The van der Waals surface area contributed by atoms with Crippen LogP contribution >= 0.6 is 0 Å². The van der Waals surface area contributed by atoms with E-state index < -0.39 is 5.97 Å². The highest BCUT2D eigenvalue weighted by Gasteiger charge is 2.25. The number of ether oxygens (including phenoxy) is 1. The highest BCUT2D eigenvalue weighted by Crippen LogP contribution is 2.22. The molecule has 0 aromatic heterocycles. The molecule has 1 saturated carbocycles. The van der Waals surface area contributed by atoms with Crippen LogP contribution in [0.4, 0.5) is 10.5 Å². The average molecular weight is 292 g/mol. The molecule has 1 fully saturated rings. The predicted molar refractivity (Wildman–Crippen MR) is 78.7 cm³/mol. The third-order valence-corrected chi connectivity index (χ3v) is 3.71. The van der Waals surface area contributed by atoms with Crippen molar-refractivity contribution in [3.63, 3.8) is 0 Å². The Kier molecular flexibility index (Phi) is 4.80. The van der Waals surface area contributed by atoms with Crippen molar-refractivity contribution in [1.29, 1.82) is 0 Å². The van der Waals surface area contributed by atoms with Crippen molar-refractivity contribution in [2.24, 2.45) is 0 Å². The van der Waals surface area contributed by atoms with Gasteiger partial charge in [0.2, 0.25) is 0 Å². The minimum atomic E-state index is -1.06. The van der Waals surface area contributed by atoms with Gasteiger partial charge in [-0.1, -0.05) is 11.6 Å². The number of anilines is 1. The molecule has 0 bridgehead atoms. The summed E-state index contributed by atoms with van der Waals surface area (Å²) in [7, 11) is 1.67. The van der Waals surface area contributed by atoms with Gasteiger partial charge in [-0.2, -0.15) is 0 Å². The standard InChI is InChI=1S/C15H20N2O4/c1-9-3-6-13(12(7-9)14(18)19)17-15(20)16-10-4-5-11(8-10)21-2/h3,6-7,10-11H,4-5,8H2,1-2H3,(H,18,19)(H2,16,17,20). The number of rotatable bonds is 4. The molecule has 1 aliphatic rings. The summed E-state index contributed by atoms with van der Waals surface area (Å²) in [6.45, 7) is 1.81. The summed E-state index contributed by atoms with van der Waals surface area (Å²) in [5, 5.41) is 14.6. The number of aromatic carboxylic acids is 1. The maximum Gasteiger partial charge on any atom is 0.337 e. The van der Waals surface area contributed by atoms with Crippen molar-refractivity contribution in [3.8, 4) is 0 Å². The van der Waals surface area contributed by atoms with Crippen molar-refractivity contribution < 1.29 is 19.4 Å². The predicted octanol–water partition coefficient (Wildman–Crippen LogP) is 2.38. The van der Waals surface area contributed by atoms with E-state index in [0.29, 0.717) is 5.69 Å². The normalized spacial score (nSPS) is 21.0. The number of methoxy groups -OCH3 is 1. The van der Waals surface area contributed by atoms with Crippen molar-refractivity contribution in [3.05, 3.63) is 29.3 Å². The molecule has 114 valence electrons. The largest absolute Gasteiger partial charge is 0.478 e. The van der Waals surface area contributed by atoms with Gasteiger partial charge in [0.05, 0.1) is 17.4 Å². The van der Waals surface area contributed by atoms with E-state index >= 15 is 0 Å². The third-order valence-electron chi connectivity index (χ3n) is 3.71. The van der Waals surface area contributed by atoms with Crippen LogP contribution in [0.5, 0.6) is 0 Å². The number of carboxylic acid groups (broad SMARTS) is 1. The van der Waals surface area contributed by atoms with Crippen LogP contribution in [0.15, 0.2) is 18.2 Å². The molecule has 0 heterocycles. The zero-order valence-corrected chi connectivity index (χ0v) is 12.2. The number of benzene rings is 1. The first-order chi connectivity index (χ1) is 9.99. The van der Waals surface area contributed by atoms with Gasteiger partial charge < -0.3 is 20.5 Å². The monoisotopic (exact) mass is 292 g/mol. The summed E-state index contributed by atoms with van der Waals surface area (Å²) in [5.74, 6) is -1.06. The molecule has 0 radical (unpaired) electrons. The van der Waals surface area contributed by atoms with Crippen LogP contribution in [0.2, 0.25) is 0 Å². The lowest BCUT2D eigenvalue weighted by Gasteiger charge is -2.15. The Morgan fingerprint density at radius 2 is 2.10 bits per heavy atom. The molecule has 2 atom stereocenters. The molecule has 0 saturated heterocycles. The summed E-state index contributed by atoms with van der Waals surface area (Å²) in [5.41, 5.74) is 1.22. The van der Waals surface area contributed by atoms with Gasteiger partial charge in [-0.15, -0.1) is 0 Å². The molecular formula is C15H20N2O4. The van der Waals surface area contributed by atoms with Crippen LogP contribution in [-0.4, -0.2) is 36.4 Å². The first-order valence-corrected chi connectivity index (χ1v) is 6.94.